The van der Waals surface area contributed by atoms with E-state index in [9.17, 15) is 0 Å². The van der Waals surface area contributed by atoms with E-state index < -0.39 is 0 Å². The first kappa shape index (κ1) is 16.7. The molecule has 1 fully saturated rings. The maximum Gasteiger partial charge on any atom is 0.136 e. The van der Waals surface area contributed by atoms with Crippen molar-refractivity contribution in [3.05, 3.63) is 59.1 Å². The van der Waals surface area contributed by atoms with E-state index in [1.54, 1.807) is 6.08 Å². The van der Waals surface area contributed by atoms with Crippen molar-refractivity contribution in [2.45, 2.75) is 26.7 Å². The van der Waals surface area contributed by atoms with E-state index in [-0.39, 0.29) is 0 Å². The van der Waals surface area contributed by atoms with Crippen LogP contribution in [-0.4, -0.2) is 36.3 Å². The topological polar surface area (TPSA) is 38.2 Å². The molecule has 2 aliphatic rings. The molecule has 0 unspecified atom stereocenters. The average Bonchev–Trinajstić information content (AvgIpc) is 3.02. The van der Waals surface area contributed by atoms with Crippen LogP contribution in [0.2, 0.25) is 0 Å². The molecule has 0 atom stereocenters. The van der Waals surface area contributed by atoms with Gasteiger partial charge < -0.3 is 9.64 Å². The Labute approximate surface area is 144 Å². The zero-order valence-electron chi connectivity index (χ0n) is 14.6. The van der Waals surface area contributed by atoms with Crippen molar-refractivity contribution in [2.24, 2.45) is 0 Å². The standard InChI is InChI=1S/C20H25N3O/c1-4-6-7-8-16(5-2)17-13-18-19(14-17)21-15(3)22-20(18)23-9-11-24-12-10-23/h4,6-8,14H,1,5,9-13H2,2-3H3/b7-6-,16-8+. The largest absolute Gasteiger partial charge is 0.378 e. The van der Waals surface area contributed by atoms with Crippen molar-refractivity contribution in [2.75, 3.05) is 31.2 Å². The Kier molecular flexibility index (Phi) is 5.26. The summed E-state index contributed by atoms with van der Waals surface area (Å²) in [7, 11) is 0. The van der Waals surface area contributed by atoms with Gasteiger partial charge in [-0.25, -0.2) is 9.97 Å². The van der Waals surface area contributed by atoms with Gasteiger partial charge in [-0.2, -0.15) is 0 Å². The number of aromatic nitrogens is 2. The quantitative estimate of drug-likeness (QED) is 0.776. The molecule has 0 N–H and O–H groups in total. The summed E-state index contributed by atoms with van der Waals surface area (Å²) < 4.78 is 5.48. The minimum absolute atomic E-state index is 0.768. The molecule has 0 amide bonds. The summed E-state index contributed by atoms with van der Waals surface area (Å²) in [5.74, 6) is 1.92. The Balaban J connectivity index is 1.91. The van der Waals surface area contributed by atoms with E-state index in [1.165, 1.54) is 16.7 Å². The highest BCUT2D eigenvalue weighted by molar-refractivity contribution is 5.71. The minimum atomic E-state index is 0.768. The van der Waals surface area contributed by atoms with Crippen LogP contribution < -0.4 is 4.90 Å². The van der Waals surface area contributed by atoms with E-state index in [1.807, 2.05) is 13.0 Å². The van der Waals surface area contributed by atoms with Crippen molar-refractivity contribution < 1.29 is 4.74 Å². The molecule has 1 aliphatic heterocycles. The highest BCUT2D eigenvalue weighted by Gasteiger charge is 2.25. The maximum atomic E-state index is 5.48. The van der Waals surface area contributed by atoms with Gasteiger partial charge in [0.15, 0.2) is 0 Å². The predicted molar refractivity (Wildman–Crippen MR) is 99.2 cm³/mol. The normalized spacial score (nSPS) is 18.0. The summed E-state index contributed by atoms with van der Waals surface area (Å²) in [6, 6.07) is 0. The molecule has 0 radical (unpaired) electrons. The monoisotopic (exact) mass is 323 g/mol. The van der Waals surface area contributed by atoms with Gasteiger partial charge in [0.05, 0.1) is 18.9 Å². The third-order valence-electron chi connectivity index (χ3n) is 4.46. The second kappa shape index (κ2) is 7.58. The summed E-state index contributed by atoms with van der Waals surface area (Å²) in [5, 5.41) is 0. The van der Waals surface area contributed by atoms with Gasteiger partial charge in [-0.05, 0) is 30.6 Å². The van der Waals surface area contributed by atoms with Gasteiger partial charge in [-0.3, -0.25) is 0 Å². The number of anilines is 1. The van der Waals surface area contributed by atoms with Gasteiger partial charge >= 0.3 is 0 Å². The maximum absolute atomic E-state index is 5.48. The molecule has 4 nitrogen and oxygen atoms in total. The number of nitrogens with zero attached hydrogens (tertiary/aromatic N) is 3. The van der Waals surface area contributed by atoms with E-state index in [0.717, 1.165) is 56.5 Å². The summed E-state index contributed by atoms with van der Waals surface area (Å²) in [4.78, 5) is 11.7. The first-order chi connectivity index (χ1) is 11.7. The van der Waals surface area contributed by atoms with E-state index in [2.05, 4.69) is 41.6 Å². The predicted octanol–water partition coefficient (Wildman–Crippen LogP) is 3.64. The number of hydrogen-bond acceptors (Lipinski definition) is 4. The third-order valence-corrected chi connectivity index (χ3v) is 4.46. The van der Waals surface area contributed by atoms with Gasteiger partial charge in [0.2, 0.25) is 0 Å². The zero-order valence-corrected chi connectivity index (χ0v) is 14.6. The molecule has 24 heavy (non-hydrogen) atoms. The van der Waals surface area contributed by atoms with Crippen LogP contribution in [0.5, 0.6) is 0 Å². The third kappa shape index (κ3) is 3.49. The number of aryl methyl sites for hydroxylation is 1. The van der Waals surface area contributed by atoms with Crippen LogP contribution in [0.1, 0.15) is 30.4 Å². The molecule has 0 saturated carbocycles. The van der Waals surface area contributed by atoms with Gasteiger partial charge in [-0.15, -0.1) is 0 Å². The molecule has 3 rings (SSSR count). The molecule has 4 heteroatoms. The smallest absolute Gasteiger partial charge is 0.136 e. The van der Waals surface area contributed by atoms with Crippen LogP contribution in [0.3, 0.4) is 0 Å². The lowest BCUT2D eigenvalue weighted by Crippen LogP contribution is -2.37. The van der Waals surface area contributed by atoms with Gasteiger partial charge in [0.25, 0.3) is 0 Å². The number of morpholine rings is 1. The van der Waals surface area contributed by atoms with Crippen LogP contribution in [0, 0.1) is 6.92 Å². The molecule has 126 valence electrons. The van der Waals surface area contributed by atoms with Crippen LogP contribution in [0.25, 0.3) is 6.08 Å². The van der Waals surface area contributed by atoms with Crippen molar-refractivity contribution >= 4 is 11.9 Å². The zero-order chi connectivity index (χ0) is 16.9. The number of fused-ring (bicyclic) bond motifs is 1. The van der Waals surface area contributed by atoms with E-state index in [0.29, 0.717) is 0 Å². The Morgan fingerprint density at radius 2 is 2.08 bits per heavy atom. The molecule has 2 heterocycles. The first-order valence-corrected chi connectivity index (χ1v) is 8.62. The lowest BCUT2D eigenvalue weighted by molar-refractivity contribution is 0.122. The summed E-state index contributed by atoms with van der Waals surface area (Å²) in [5.41, 5.74) is 5.02. The van der Waals surface area contributed by atoms with Crippen molar-refractivity contribution in [1.29, 1.82) is 0 Å². The lowest BCUT2D eigenvalue weighted by atomic mass is 10.0. The summed E-state index contributed by atoms with van der Waals surface area (Å²) in [6.45, 7) is 11.2. The highest BCUT2D eigenvalue weighted by Crippen LogP contribution is 2.35. The molecule has 1 aromatic rings. The van der Waals surface area contributed by atoms with Crippen LogP contribution in [0.4, 0.5) is 5.82 Å². The fourth-order valence-corrected chi connectivity index (χ4v) is 3.24. The molecule has 1 aromatic heterocycles. The Hall–Kier alpha value is -2.20. The molecule has 0 aromatic carbocycles. The Morgan fingerprint density at radius 3 is 2.79 bits per heavy atom. The highest BCUT2D eigenvalue weighted by atomic mass is 16.5. The minimum Gasteiger partial charge on any atom is -0.378 e. The molecule has 0 spiro atoms. The fraction of sp³-hybridized carbons (Fsp3) is 0.400. The van der Waals surface area contributed by atoms with Crippen molar-refractivity contribution in [3.8, 4) is 0 Å². The number of rotatable bonds is 5. The van der Waals surface area contributed by atoms with E-state index in [4.69, 9.17) is 9.72 Å². The molecule has 1 aliphatic carbocycles. The lowest BCUT2D eigenvalue weighted by Gasteiger charge is -2.29. The second-order valence-electron chi connectivity index (χ2n) is 6.07. The fourth-order valence-electron chi connectivity index (χ4n) is 3.24. The van der Waals surface area contributed by atoms with Gasteiger partial charge in [0, 0.05) is 25.1 Å². The number of hydrogen-bond donors (Lipinski definition) is 0. The SMILES string of the molecule is C=C/C=C\C=C(/CC)C1=Cc2nc(C)nc(N3CCOCC3)c2C1. The second-order valence-corrected chi connectivity index (χ2v) is 6.07. The Morgan fingerprint density at radius 1 is 1.29 bits per heavy atom. The van der Waals surface area contributed by atoms with Gasteiger partial charge in [-0.1, -0.05) is 37.8 Å². The average molecular weight is 323 g/mol. The first-order valence-electron chi connectivity index (χ1n) is 8.62. The van der Waals surface area contributed by atoms with Crippen molar-refractivity contribution in [1.82, 2.24) is 9.97 Å². The summed E-state index contributed by atoms with van der Waals surface area (Å²) in [6.07, 6.45) is 12.1. The van der Waals surface area contributed by atoms with Crippen LogP contribution in [-0.2, 0) is 11.2 Å². The van der Waals surface area contributed by atoms with E-state index >= 15 is 0 Å². The molecule has 1 saturated heterocycles. The number of allylic oxidation sites excluding steroid dienone is 6. The number of ether oxygens (including phenoxy) is 1. The molecule has 0 bridgehead atoms. The van der Waals surface area contributed by atoms with Crippen LogP contribution >= 0.6 is 0 Å². The molecular weight excluding hydrogens is 298 g/mol. The summed E-state index contributed by atoms with van der Waals surface area (Å²) >= 11 is 0. The Bertz CT molecular complexity index is 710. The molecular formula is C20H25N3O. The van der Waals surface area contributed by atoms with Gasteiger partial charge in [0.1, 0.15) is 11.6 Å². The van der Waals surface area contributed by atoms with Crippen molar-refractivity contribution in [3.63, 3.8) is 0 Å². The van der Waals surface area contributed by atoms with Crippen LogP contribution in [0.15, 0.2) is 42.0 Å².